The molecule has 4 nitrogen and oxygen atoms in total. The first-order chi connectivity index (χ1) is 37.6. The van der Waals surface area contributed by atoms with E-state index in [1.54, 1.807) is 0 Å². The molecular weight excluding hydrogens is 946 g/mol. The Hall–Kier alpha value is -7.69. The molecule has 0 N–H and O–H groups in total. The molecule has 0 radical (unpaired) electrons. The molecule has 0 saturated heterocycles. The van der Waals surface area contributed by atoms with Gasteiger partial charge >= 0.3 is 0 Å². The molecule has 0 fully saturated rings. The van der Waals surface area contributed by atoms with Crippen LogP contribution in [0.15, 0.2) is 170 Å². The lowest BCUT2D eigenvalue weighted by atomic mass is 9.31. The van der Waals surface area contributed by atoms with Gasteiger partial charge in [-0.1, -0.05) is 204 Å². The topological polar surface area (TPSA) is 24.9 Å². The second kappa shape index (κ2) is 19.0. The maximum Gasteiger partial charge on any atom is 0.256 e. The van der Waals surface area contributed by atoms with E-state index in [1.807, 2.05) is 0 Å². The standard InChI is InChI=1S/C72H70B2N2O2/c1-41(2)47-13-17-51(18-14-47)55-27-35-65-61(39-55)73-59-37-53(45(9)10)25-33-63(59)75(57-29-21-49(22-30-57)43(5)6)69-67(73)71(77-65)70-68-72(69)78-66-36-28-56(52-19-15-48(16-20-52)42(3)4)40-62(66)74(68)60-38-54(46(11)12)26-34-64(60)76(70)58-31-23-50(24-32-58)44(7)8/h13-46H,1-12H3. The Morgan fingerprint density at radius 2 is 0.590 bits per heavy atom. The highest BCUT2D eigenvalue weighted by molar-refractivity contribution is 7.02. The van der Waals surface area contributed by atoms with E-state index in [4.69, 9.17) is 9.47 Å². The molecule has 0 aromatic heterocycles. The van der Waals surface area contributed by atoms with Gasteiger partial charge < -0.3 is 19.3 Å². The fourth-order valence-corrected chi connectivity index (χ4v) is 12.8. The second-order valence-corrected chi connectivity index (χ2v) is 24.4. The van der Waals surface area contributed by atoms with Crippen molar-refractivity contribution in [3.8, 4) is 45.3 Å². The molecule has 4 aliphatic rings. The van der Waals surface area contributed by atoms with E-state index in [9.17, 15) is 0 Å². The monoisotopic (exact) mass is 1020 g/mol. The number of rotatable bonds is 10. The van der Waals surface area contributed by atoms with Crippen molar-refractivity contribution in [2.45, 2.75) is 119 Å². The van der Waals surface area contributed by atoms with Crippen molar-refractivity contribution in [2.75, 3.05) is 9.80 Å². The van der Waals surface area contributed by atoms with E-state index in [2.05, 4.69) is 263 Å². The van der Waals surface area contributed by atoms with Crippen molar-refractivity contribution >= 4 is 80.3 Å². The van der Waals surface area contributed by atoms with Gasteiger partial charge in [0, 0.05) is 33.7 Å². The predicted octanol–water partition coefficient (Wildman–Crippen LogP) is 16.6. The maximum atomic E-state index is 7.84. The van der Waals surface area contributed by atoms with Crippen LogP contribution in [0.4, 0.5) is 34.1 Å². The lowest BCUT2D eigenvalue weighted by Crippen LogP contribution is -2.64. The molecule has 0 bridgehead atoms. The first kappa shape index (κ1) is 49.9. The van der Waals surface area contributed by atoms with Gasteiger partial charge in [-0.15, -0.1) is 0 Å². The number of ether oxygens (including phenoxy) is 2. The maximum absolute atomic E-state index is 7.84. The van der Waals surface area contributed by atoms with Crippen LogP contribution in [0.3, 0.4) is 0 Å². The molecule has 0 aliphatic carbocycles. The highest BCUT2D eigenvalue weighted by atomic mass is 16.5. The third-order valence-corrected chi connectivity index (χ3v) is 17.5. The van der Waals surface area contributed by atoms with E-state index >= 15 is 0 Å². The molecule has 0 unspecified atom stereocenters. The summed E-state index contributed by atoms with van der Waals surface area (Å²) in [5, 5.41) is 0. The quantitative estimate of drug-likeness (QED) is 0.127. The lowest BCUT2D eigenvalue weighted by Gasteiger charge is -2.47. The molecular formula is C72H70B2N2O2. The average Bonchev–Trinajstić information content (AvgIpc) is 3.58. The number of nitrogens with zero attached hydrogens (tertiary/aromatic N) is 2. The van der Waals surface area contributed by atoms with Crippen LogP contribution < -0.4 is 52.1 Å². The van der Waals surface area contributed by atoms with Crippen molar-refractivity contribution < 1.29 is 9.47 Å². The third kappa shape index (κ3) is 8.03. The summed E-state index contributed by atoms with van der Waals surface area (Å²) in [5.41, 5.74) is 26.3. The van der Waals surface area contributed by atoms with Crippen LogP contribution in [-0.2, 0) is 0 Å². The Bertz CT molecular complexity index is 3560. The smallest absolute Gasteiger partial charge is 0.256 e. The summed E-state index contributed by atoms with van der Waals surface area (Å²) in [5.74, 6) is 5.83. The summed E-state index contributed by atoms with van der Waals surface area (Å²) in [7, 11) is 0. The number of anilines is 6. The van der Waals surface area contributed by atoms with Crippen molar-refractivity contribution in [3.63, 3.8) is 0 Å². The summed E-state index contributed by atoms with van der Waals surface area (Å²) >= 11 is 0. The summed E-state index contributed by atoms with van der Waals surface area (Å²) < 4.78 is 15.7. The Labute approximate surface area is 464 Å². The van der Waals surface area contributed by atoms with Crippen LogP contribution in [0.2, 0.25) is 0 Å². The minimum Gasteiger partial charge on any atom is -0.456 e. The van der Waals surface area contributed by atoms with E-state index in [0.29, 0.717) is 35.5 Å². The van der Waals surface area contributed by atoms with Gasteiger partial charge in [-0.2, -0.15) is 0 Å². The molecule has 0 spiro atoms. The van der Waals surface area contributed by atoms with Crippen LogP contribution in [-0.4, -0.2) is 13.4 Å². The zero-order valence-corrected chi connectivity index (χ0v) is 47.5. The van der Waals surface area contributed by atoms with Gasteiger partial charge in [0.05, 0.1) is 11.4 Å². The molecule has 9 aromatic carbocycles. The molecule has 13 rings (SSSR count). The molecule has 0 amide bonds. The van der Waals surface area contributed by atoms with Crippen LogP contribution in [0, 0.1) is 0 Å². The summed E-state index contributed by atoms with van der Waals surface area (Å²) in [6.45, 7) is 27.0. The van der Waals surface area contributed by atoms with Crippen molar-refractivity contribution in [2.24, 2.45) is 0 Å². The SMILES string of the molecule is CC(C)c1ccc(-c2ccc3c(c2)B2c4cc(C(C)C)ccc4N(c4ccc(C(C)C)cc4)c4c5c6c(c(c42)O3)N(c2ccc(C(C)C)cc2)c2ccc(C(C)C)cc2B6c2cc(-c3ccc(C(C)C)cc3)ccc2O5)cc1. The van der Waals surface area contributed by atoms with Gasteiger partial charge in [0.1, 0.15) is 23.0 Å². The first-order valence-corrected chi connectivity index (χ1v) is 28.8. The molecule has 78 heavy (non-hydrogen) atoms. The Kier molecular flexibility index (Phi) is 12.2. The zero-order chi connectivity index (χ0) is 54.0. The summed E-state index contributed by atoms with van der Waals surface area (Å²) in [4.78, 5) is 5.04. The van der Waals surface area contributed by atoms with E-state index in [0.717, 1.165) is 79.0 Å². The van der Waals surface area contributed by atoms with Gasteiger partial charge in [0.25, 0.3) is 13.4 Å². The first-order valence-electron chi connectivity index (χ1n) is 28.8. The van der Waals surface area contributed by atoms with Crippen LogP contribution in [0.25, 0.3) is 22.3 Å². The van der Waals surface area contributed by atoms with Gasteiger partial charge in [0.15, 0.2) is 0 Å². The summed E-state index contributed by atoms with van der Waals surface area (Å²) in [6.07, 6.45) is 0. The van der Waals surface area contributed by atoms with Crippen LogP contribution in [0.5, 0.6) is 23.0 Å². The Morgan fingerprint density at radius 3 is 0.910 bits per heavy atom. The molecule has 386 valence electrons. The minimum absolute atomic E-state index is 0.190. The molecule has 4 aliphatic heterocycles. The fraction of sp³-hybridized carbons (Fsp3) is 0.250. The number of fused-ring (bicyclic) bond motifs is 10. The molecule has 6 heteroatoms. The highest BCUT2D eigenvalue weighted by Gasteiger charge is 2.52. The zero-order valence-electron chi connectivity index (χ0n) is 47.5. The Balaban J connectivity index is 1.16. The molecule has 4 heterocycles. The fourth-order valence-electron chi connectivity index (χ4n) is 12.8. The van der Waals surface area contributed by atoms with Gasteiger partial charge in [-0.05, 0) is 162 Å². The molecule has 0 saturated carbocycles. The van der Waals surface area contributed by atoms with Crippen molar-refractivity contribution in [1.82, 2.24) is 0 Å². The normalized spacial score (nSPS) is 13.7. The number of hydrogen-bond donors (Lipinski definition) is 0. The average molecular weight is 1020 g/mol. The number of hydrogen-bond acceptors (Lipinski definition) is 4. The lowest BCUT2D eigenvalue weighted by molar-refractivity contribution is 0.477. The molecule has 0 atom stereocenters. The Morgan fingerprint density at radius 1 is 0.295 bits per heavy atom. The van der Waals surface area contributed by atoms with E-state index in [1.165, 1.54) is 66.6 Å². The van der Waals surface area contributed by atoms with Gasteiger partial charge in [-0.3, -0.25) is 0 Å². The predicted molar refractivity (Wildman–Crippen MR) is 334 cm³/mol. The highest BCUT2D eigenvalue weighted by Crippen LogP contribution is 2.54. The largest absolute Gasteiger partial charge is 0.456 e. The van der Waals surface area contributed by atoms with Crippen molar-refractivity contribution in [3.05, 3.63) is 203 Å². The van der Waals surface area contributed by atoms with Crippen LogP contribution >= 0.6 is 0 Å². The number of benzene rings is 9. The van der Waals surface area contributed by atoms with Crippen LogP contribution in [0.1, 0.15) is 152 Å². The van der Waals surface area contributed by atoms with Crippen molar-refractivity contribution in [1.29, 1.82) is 0 Å². The van der Waals surface area contributed by atoms with Gasteiger partial charge in [0.2, 0.25) is 0 Å². The van der Waals surface area contributed by atoms with Gasteiger partial charge in [-0.25, -0.2) is 0 Å². The molecule has 9 aromatic rings. The third-order valence-electron chi connectivity index (χ3n) is 17.5. The second-order valence-electron chi connectivity index (χ2n) is 24.4. The van der Waals surface area contributed by atoms with E-state index in [-0.39, 0.29) is 13.4 Å². The minimum atomic E-state index is -0.190. The van der Waals surface area contributed by atoms with E-state index < -0.39 is 0 Å². The summed E-state index contributed by atoms with van der Waals surface area (Å²) in [6, 6.07) is 65.2.